The average Bonchev–Trinajstić information content (AvgIpc) is 3.26. The van der Waals surface area contributed by atoms with Crippen molar-refractivity contribution in [1.82, 2.24) is 14.8 Å². The Balaban J connectivity index is 1.57. The van der Waals surface area contributed by atoms with Crippen LogP contribution in [-0.2, 0) is 0 Å². The SMILES string of the molecule is Cc1c(C(=O)CSc2n[nH]c(=O)n2[C@@H](C)c2ccccc2)sc2ccc(Cl)cc12. The molecule has 4 aromatic rings. The molecule has 0 amide bonds. The molecular weight excluding hydrogens is 426 g/mol. The summed E-state index contributed by atoms with van der Waals surface area (Å²) in [5.41, 5.74) is 1.65. The molecule has 2 aromatic heterocycles. The fourth-order valence-corrected chi connectivity index (χ4v) is 5.55. The molecule has 0 saturated carbocycles. The quantitative estimate of drug-likeness (QED) is 0.323. The van der Waals surface area contributed by atoms with Crippen LogP contribution in [0.3, 0.4) is 0 Å². The number of halogens is 1. The molecule has 0 radical (unpaired) electrons. The number of aryl methyl sites for hydroxylation is 1. The van der Waals surface area contributed by atoms with Crippen LogP contribution < -0.4 is 5.69 Å². The fourth-order valence-electron chi connectivity index (χ4n) is 3.27. The van der Waals surface area contributed by atoms with Crippen molar-refractivity contribution in [3.8, 4) is 0 Å². The van der Waals surface area contributed by atoms with E-state index in [1.165, 1.54) is 23.1 Å². The lowest BCUT2D eigenvalue weighted by molar-refractivity contribution is 0.102. The first kappa shape index (κ1) is 19.9. The molecular formula is C21H18ClN3O2S2. The number of hydrogen-bond acceptors (Lipinski definition) is 5. The minimum absolute atomic E-state index is 0.0131. The van der Waals surface area contributed by atoms with E-state index in [1.807, 2.05) is 62.4 Å². The summed E-state index contributed by atoms with van der Waals surface area (Å²) in [6.45, 7) is 3.88. The molecule has 2 heterocycles. The Morgan fingerprint density at radius 3 is 2.79 bits per heavy atom. The number of rotatable bonds is 6. The van der Waals surface area contributed by atoms with Gasteiger partial charge in [0.1, 0.15) is 0 Å². The summed E-state index contributed by atoms with van der Waals surface area (Å²) in [6.07, 6.45) is 0. The lowest BCUT2D eigenvalue weighted by Gasteiger charge is -2.14. The van der Waals surface area contributed by atoms with E-state index in [1.54, 1.807) is 4.57 Å². The largest absolute Gasteiger partial charge is 0.344 e. The molecule has 4 rings (SSSR count). The van der Waals surface area contributed by atoms with Crippen LogP contribution in [0, 0.1) is 6.92 Å². The molecule has 0 aliphatic rings. The molecule has 0 aliphatic carbocycles. The molecule has 1 N–H and O–H groups in total. The number of thiophene rings is 1. The van der Waals surface area contributed by atoms with Crippen LogP contribution in [0.15, 0.2) is 58.5 Å². The Kier molecular flexibility index (Phi) is 5.63. The molecule has 0 aliphatic heterocycles. The van der Waals surface area contributed by atoms with Gasteiger partial charge in [0.2, 0.25) is 0 Å². The average molecular weight is 444 g/mol. The number of aromatic nitrogens is 3. The summed E-state index contributed by atoms with van der Waals surface area (Å²) in [5.74, 6) is 0.215. The summed E-state index contributed by atoms with van der Waals surface area (Å²) < 4.78 is 2.62. The van der Waals surface area contributed by atoms with E-state index in [0.717, 1.165) is 26.1 Å². The molecule has 0 saturated heterocycles. The highest BCUT2D eigenvalue weighted by molar-refractivity contribution is 7.99. The number of Topliss-reactive ketones (excluding diaryl/α,β-unsaturated/α-hetero) is 1. The van der Waals surface area contributed by atoms with Crippen molar-refractivity contribution in [2.45, 2.75) is 25.0 Å². The first-order valence-corrected chi connectivity index (χ1v) is 11.2. The number of nitrogens with one attached hydrogen (secondary N) is 1. The van der Waals surface area contributed by atoms with Gasteiger partial charge in [0.25, 0.3) is 0 Å². The van der Waals surface area contributed by atoms with E-state index in [2.05, 4.69) is 10.2 Å². The van der Waals surface area contributed by atoms with Crippen LogP contribution in [0.5, 0.6) is 0 Å². The highest BCUT2D eigenvalue weighted by atomic mass is 35.5. The van der Waals surface area contributed by atoms with Crippen molar-refractivity contribution < 1.29 is 4.79 Å². The minimum atomic E-state index is -0.288. The van der Waals surface area contributed by atoms with Crippen molar-refractivity contribution in [3.63, 3.8) is 0 Å². The standard InChI is InChI=1S/C21H18ClN3O2S2/c1-12-16-10-15(22)8-9-18(16)29-19(12)17(26)11-28-21-24-23-20(27)25(21)13(2)14-6-4-3-5-7-14/h3-10,13H,11H2,1-2H3,(H,23,27)/t13-/m0/s1. The van der Waals surface area contributed by atoms with Crippen molar-refractivity contribution in [2.24, 2.45) is 0 Å². The van der Waals surface area contributed by atoms with Crippen LogP contribution >= 0.6 is 34.7 Å². The molecule has 0 spiro atoms. The maximum absolute atomic E-state index is 12.9. The van der Waals surface area contributed by atoms with Crippen molar-refractivity contribution in [3.05, 3.63) is 80.0 Å². The lowest BCUT2D eigenvalue weighted by Crippen LogP contribution is -2.22. The molecule has 29 heavy (non-hydrogen) atoms. The molecule has 2 aromatic carbocycles. The van der Waals surface area contributed by atoms with E-state index in [4.69, 9.17) is 11.6 Å². The smallest absolute Gasteiger partial charge is 0.292 e. The van der Waals surface area contributed by atoms with Crippen LogP contribution in [-0.4, -0.2) is 26.3 Å². The third-order valence-electron chi connectivity index (χ3n) is 4.83. The number of benzene rings is 2. The first-order chi connectivity index (χ1) is 14.0. The van der Waals surface area contributed by atoms with Gasteiger partial charge in [0, 0.05) is 9.72 Å². The van der Waals surface area contributed by atoms with Crippen LogP contribution in [0.1, 0.15) is 33.8 Å². The van der Waals surface area contributed by atoms with Gasteiger partial charge in [0.05, 0.1) is 16.7 Å². The molecule has 1 atom stereocenters. The summed E-state index contributed by atoms with van der Waals surface area (Å²) in [6, 6.07) is 15.2. The Morgan fingerprint density at radius 1 is 1.28 bits per heavy atom. The number of H-pyrrole nitrogens is 1. The van der Waals surface area contributed by atoms with E-state index >= 15 is 0 Å². The minimum Gasteiger partial charge on any atom is -0.292 e. The zero-order chi connectivity index (χ0) is 20.5. The van der Waals surface area contributed by atoms with Crippen molar-refractivity contribution in [2.75, 3.05) is 5.75 Å². The summed E-state index contributed by atoms with van der Waals surface area (Å²) in [4.78, 5) is 25.9. The second-order valence-electron chi connectivity index (χ2n) is 6.68. The van der Waals surface area contributed by atoms with Gasteiger partial charge in [-0.05, 0) is 48.6 Å². The van der Waals surface area contributed by atoms with E-state index in [0.29, 0.717) is 10.2 Å². The normalized spacial score (nSPS) is 12.4. The Bertz CT molecular complexity index is 1240. The Hall–Kier alpha value is -2.35. The molecule has 8 heteroatoms. The van der Waals surface area contributed by atoms with E-state index in [9.17, 15) is 9.59 Å². The monoisotopic (exact) mass is 443 g/mol. The third kappa shape index (κ3) is 3.90. The van der Waals surface area contributed by atoms with E-state index in [-0.39, 0.29) is 23.3 Å². The van der Waals surface area contributed by atoms with Crippen molar-refractivity contribution >= 4 is 50.6 Å². The number of nitrogens with zero attached hydrogens (tertiary/aromatic N) is 2. The molecule has 148 valence electrons. The van der Waals surface area contributed by atoms with Crippen LogP contribution in [0.4, 0.5) is 0 Å². The number of fused-ring (bicyclic) bond motifs is 1. The highest BCUT2D eigenvalue weighted by Crippen LogP contribution is 2.34. The van der Waals surface area contributed by atoms with Gasteiger partial charge in [-0.15, -0.1) is 16.4 Å². The number of hydrogen-bond donors (Lipinski definition) is 1. The highest BCUT2D eigenvalue weighted by Gasteiger charge is 2.20. The van der Waals surface area contributed by atoms with E-state index < -0.39 is 0 Å². The first-order valence-electron chi connectivity index (χ1n) is 9.02. The topological polar surface area (TPSA) is 67.8 Å². The second-order valence-corrected chi connectivity index (χ2v) is 9.11. The van der Waals surface area contributed by atoms with Gasteiger partial charge in [-0.3, -0.25) is 9.36 Å². The Labute approximate surface area is 180 Å². The molecule has 0 fully saturated rings. The number of carbonyl (C=O) groups excluding carboxylic acids is 1. The summed E-state index contributed by atoms with van der Waals surface area (Å²) in [5, 5.41) is 8.79. The number of aromatic amines is 1. The lowest BCUT2D eigenvalue weighted by atomic mass is 10.1. The van der Waals surface area contributed by atoms with Crippen LogP contribution in [0.25, 0.3) is 10.1 Å². The van der Waals surface area contributed by atoms with Gasteiger partial charge in [-0.1, -0.05) is 53.7 Å². The van der Waals surface area contributed by atoms with Gasteiger partial charge in [-0.2, -0.15) is 0 Å². The zero-order valence-corrected chi connectivity index (χ0v) is 18.2. The zero-order valence-electron chi connectivity index (χ0n) is 15.8. The fraction of sp³-hybridized carbons (Fsp3) is 0.190. The van der Waals surface area contributed by atoms with Gasteiger partial charge < -0.3 is 0 Å². The van der Waals surface area contributed by atoms with Crippen molar-refractivity contribution in [1.29, 1.82) is 0 Å². The number of thioether (sulfide) groups is 1. The van der Waals surface area contributed by atoms with Gasteiger partial charge in [-0.25, -0.2) is 9.89 Å². The predicted octanol–water partition coefficient (Wildman–Crippen LogP) is 5.33. The third-order valence-corrected chi connectivity index (χ3v) is 7.33. The summed E-state index contributed by atoms with van der Waals surface area (Å²) >= 11 is 8.83. The second kappa shape index (κ2) is 8.18. The maximum Gasteiger partial charge on any atom is 0.344 e. The number of ketones is 1. The predicted molar refractivity (Wildman–Crippen MR) is 120 cm³/mol. The molecule has 0 unspecified atom stereocenters. The van der Waals surface area contributed by atoms with Gasteiger partial charge in [0.15, 0.2) is 10.9 Å². The number of carbonyl (C=O) groups is 1. The molecule has 0 bridgehead atoms. The van der Waals surface area contributed by atoms with Crippen LogP contribution in [0.2, 0.25) is 5.02 Å². The maximum atomic E-state index is 12.9. The van der Waals surface area contributed by atoms with Gasteiger partial charge >= 0.3 is 5.69 Å². The summed E-state index contributed by atoms with van der Waals surface area (Å²) in [7, 11) is 0. The Morgan fingerprint density at radius 2 is 2.03 bits per heavy atom. The molecule has 5 nitrogen and oxygen atoms in total.